The Hall–Kier alpha value is -3.42. The van der Waals surface area contributed by atoms with Crippen LogP contribution in [0.1, 0.15) is 50.4 Å². The van der Waals surface area contributed by atoms with Crippen molar-refractivity contribution >= 4 is 23.3 Å². The fraction of sp³-hybridized carbons (Fsp3) is 0.321. The number of aryl methyl sites for hydroxylation is 1. The highest BCUT2D eigenvalue weighted by atomic mass is 35.5. The van der Waals surface area contributed by atoms with Crippen LogP contribution < -0.4 is 10.9 Å². The molecule has 2 N–H and O–H groups in total. The summed E-state index contributed by atoms with van der Waals surface area (Å²) in [5.41, 5.74) is 2.73. The third-order valence-electron chi connectivity index (χ3n) is 6.13. The van der Waals surface area contributed by atoms with Crippen molar-refractivity contribution in [3.05, 3.63) is 81.7 Å². The van der Waals surface area contributed by atoms with Gasteiger partial charge >= 0.3 is 0 Å². The number of aromatic nitrogens is 3. The molecule has 0 aliphatic heterocycles. The molecule has 0 radical (unpaired) electrons. The minimum atomic E-state index is -0.719. The van der Waals surface area contributed by atoms with Crippen LogP contribution in [0.25, 0.3) is 28.3 Å². The molecule has 8 heteroatoms. The van der Waals surface area contributed by atoms with Gasteiger partial charge in [-0.15, -0.1) is 0 Å². The summed E-state index contributed by atoms with van der Waals surface area (Å²) in [6.07, 6.45) is 4.84. The molecule has 1 amide bonds. The third-order valence-corrected chi connectivity index (χ3v) is 6.38. The first-order valence-corrected chi connectivity index (χ1v) is 12.5. The fourth-order valence-electron chi connectivity index (χ4n) is 4.05. The number of carbonyl (C=O) groups excluding carboxylic acids is 1. The summed E-state index contributed by atoms with van der Waals surface area (Å²) in [6.45, 7) is 6.21. The molecule has 188 valence electrons. The predicted octanol–water partition coefficient (Wildman–Crippen LogP) is 5.17. The topological polar surface area (TPSA) is 88.6 Å². The number of nitrogens with one attached hydrogen (secondary N) is 1. The first-order chi connectivity index (χ1) is 17.2. The zero-order chi connectivity index (χ0) is 25.9. The Kier molecular flexibility index (Phi) is 7.62. The Labute approximate surface area is 215 Å². The van der Waals surface area contributed by atoms with Gasteiger partial charge in [0, 0.05) is 35.0 Å². The summed E-state index contributed by atoms with van der Waals surface area (Å²) in [6, 6.07) is 16.1. The van der Waals surface area contributed by atoms with Crippen molar-refractivity contribution in [2.45, 2.75) is 52.1 Å². The van der Waals surface area contributed by atoms with Crippen molar-refractivity contribution in [2.24, 2.45) is 0 Å². The Morgan fingerprint density at radius 3 is 2.36 bits per heavy atom. The minimum absolute atomic E-state index is 0.163. The molecule has 2 heterocycles. The number of hydrogen-bond donors (Lipinski definition) is 2. The van der Waals surface area contributed by atoms with Gasteiger partial charge in [-0.3, -0.25) is 14.0 Å². The molecule has 0 fully saturated rings. The smallest absolute Gasteiger partial charge is 0.259 e. The van der Waals surface area contributed by atoms with E-state index in [9.17, 15) is 14.7 Å². The number of nitrogens with zero attached hydrogens (tertiary/aromatic N) is 3. The average molecular weight is 507 g/mol. The molecule has 0 spiro atoms. The summed E-state index contributed by atoms with van der Waals surface area (Å²) in [4.78, 5) is 30.5. The SMILES string of the molecule is CCCCCn1c(-c2ccc(C(=O)NC(C)(C)CO)cc2)cc(=O)n2cc(-c3ccc(Cl)cc3)nc12. The lowest BCUT2D eigenvalue weighted by molar-refractivity contribution is 0.0869. The number of carbonyl (C=O) groups is 1. The number of hydrogen-bond acceptors (Lipinski definition) is 4. The van der Waals surface area contributed by atoms with E-state index >= 15 is 0 Å². The second-order valence-corrected chi connectivity index (χ2v) is 10.0. The number of amides is 1. The van der Waals surface area contributed by atoms with Crippen molar-refractivity contribution in [3.8, 4) is 22.5 Å². The van der Waals surface area contributed by atoms with Crippen LogP contribution in [-0.4, -0.2) is 37.1 Å². The molecule has 0 saturated heterocycles. The van der Waals surface area contributed by atoms with Gasteiger partial charge in [-0.2, -0.15) is 0 Å². The normalized spacial score (nSPS) is 11.7. The maximum atomic E-state index is 13.1. The Balaban J connectivity index is 1.77. The van der Waals surface area contributed by atoms with Crippen molar-refractivity contribution in [3.63, 3.8) is 0 Å². The number of halogens is 1. The van der Waals surface area contributed by atoms with Crippen LogP contribution >= 0.6 is 11.6 Å². The first kappa shape index (κ1) is 25.7. The molecular weight excluding hydrogens is 476 g/mol. The van der Waals surface area contributed by atoms with Crippen LogP contribution in [0, 0.1) is 0 Å². The standard InChI is InChI=1S/C28H31ClN4O3/c1-4-5-6-15-32-24(20-7-9-21(10-8-20)26(36)31-28(2,3)18-34)16-25(35)33-17-23(30-27(32)33)19-11-13-22(29)14-12-19/h7-14,16-17,34H,4-6,15,18H2,1-3H3,(H,31,36). The van der Waals surface area contributed by atoms with E-state index in [-0.39, 0.29) is 18.1 Å². The van der Waals surface area contributed by atoms with Gasteiger partial charge in [-0.25, -0.2) is 4.98 Å². The van der Waals surface area contributed by atoms with Gasteiger partial charge in [0.25, 0.3) is 11.5 Å². The summed E-state index contributed by atoms with van der Waals surface area (Å²) in [5, 5.41) is 12.9. The van der Waals surface area contributed by atoms with Crippen LogP contribution in [0.3, 0.4) is 0 Å². The number of aliphatic hydroxyl groups is 1. The fourth-order valence-corrected chi connectivity index (χ4v) is 4.17. The molecule has 0 saturated carbocycles. The molecule has 0 aliphatic carbocycles. The van der Waals surface area contributed by atoms with Gasteiger partial charge in [-0.1, -0.05) is 55.6 Å². The summed E-state index contributed by atoms with van der Waals surface area (Å²) >= 11 is 6.04. The van der Waals surface area contributed by atoms with E-state index in [1.807, 2.05) is 24.3 Å². The molecule has 2 aromatic carbocycles. The predicted molar refractivity (Wildman–Crippen MR) is 143 cm³/mol. The maximum absolute atomic E-state index is 13.1. The van der Waals surface area contributed by atoms with Crippen LogP contribution in [0.4, 0.5) is 0 Å². The van der Waals surface area contributed by atoms with E-state index in [1.54, 1.807) is 54.8 Å². The van der Waals surface area contributed by atoms with E-state index < -0.39 is 5.54 Å². The third kappa shape index (κ3) is 5.53. The van der Waals surface area contributed by atoms with Crippen LogP contribution in [0.15, 0.2) is 65.6 Å². The van der Waals surface area contributed by atoms with Gasteiger partial charge in [0.1, 0.15) is 0 Å². The van der Waals surface area contributed by atoms with E-state index in [0.717, 1.165) is 36.1 Å². The molecule has 4 aromatic rings. The second-order valence-electron chi connectivity index (χ2n) is 9.60. The van der Waals surface area contributed by atoms with Crippen LogP contribution in [0.5, 0.6) is 0 Å². The van der Waals surface area contributed by atoms with Crippen molar-refractivity contribution in [2.75, 3.05) is 6.61 Å². The quantitative estimate of drug-likeness (QED) is 0.306. The maximum Gasteiger partial charge on any atom is 0.259 e. The lowest BCUT2D eigenvalue weighted by atomic mass is 10.0. The number of aliphatic hydroxyl groups excluding tert-OH is 1. The molecule has 2 aromatic heterocycles. The Bertz CT molecular complexity index is 1420. The molecule has 7 nitrogen and oxygen atoms in total. The van der Waals surface area contributed by atoms with E-state index in [0.29, 0.717) is 28.6 Å². The number of benzene rings is 2. The number of imidazole rings is 1. The molecule has 36 heavy (non-hydrogen) atoms. The largest absolute Gasteiger partial charge is 0.394 e. The molecule has 0 atom stereocenters. The van der Waals surface area contributed by atoms with Crippen LogP contribution in [-0.2, 0) is 6.54 Å². The number of unbranched alkanes of at least 4 members (excludes halogenated alkanes) is 2. The zero-order valence-electron chi connectivity index (χ0n) is 20.8. The zero-order valence-corrected chi connectivity index (χ0v) is 21.5. The molecule has 0 bridgehead atoms. The molecule has 0 aliphatic rings. The average Bonchev–Trinajstić information content (AvgIpc) is 3.32. The second kappa shape index (κ2) is 10.7. The molecular formula is C28H31ClN4O3. The number of fused-ring (bicyclic) bond motifs is 1. The highest BCUT2D eigenvalue weighted by molar-refractivity contribution is 6.30. The summed E-state index contributed by atoms with van der Waals surface area (Å²) < 4.78 is 3.65. The monoisotopic (exact) mass is 506 g/mol. The van der Waals surface area contributed by atoms with Gasteiger partial charge in [0.2, 0.25) is 5.78 Å². The van der Waals surface area contributed by atoms with Gasteiger partial charge < -0.3 is 15.0 Å². The summed E-state index contributed by atoms with van der Waals surface area (Å²) in [7, 11) is 0. The highest BCUT2D eigenvalue weighted by Crippen LogP contribution is 2.25. The minimum Gasteiger partial charge on any atom is -0.394 e. The van der Waals surface area contributed by atoms with Gasteiger partial charge in [-0.05, 0) is 50.1 Å². The van der Waals surface area contributed by atoms with Gasteiger partial charge in [0.15, 0.2) is 0 Å². The van der Waals surface area contributed by atoms with Crippen LogP contribution in [0.2, 0.25) is 5.02 Å². The lowest BCUT2D eigenvalue weighted by Crippen LogP contribution is -2.46. The summed E-state index contributed by atoms with van der Waals surface area (Å²) in [5.74, 6) is 0.308. The Morgan fingerprint density at radius 2 is 1.72 bits per heavy atom. The Morgan fingerprint density at radius 1 is 1.06 bits per heavy atom. The van der Waals surface area contributed by atoms with E-state index in [1.165, 1.54) is 0 Å². The molecule has 0 unspecified atom stereocenters. The first-order valence-electron chi connectivity index (χ1n) is 12.1. The van der Waals surface area contributed by atoms with E-state index in [2.05, 4.69) is 16.8 Å². The van der Waals surface area contributed by atoms with Gasteiger partial charge in [0.05, 0.1) is 23.5 Å². The van der Waals surface area contributed by atoms with E-state index in [4.69, 9.17) is 16.6 Å². The number of rotatable bonds is 9. The lowest BCUT2D eigenvalue weighted by Gasteiger charge is -2.23. The van der Waals surface area contributed by atoms with Crippen molar-refractivity contribution < 1.29 is 9.90 Å². The van der Waals surface area contributed by atoms with Crippen molar-refractivity contribution in [1.29, 1.82) is 0 Å². The van der Waals surface area contributed by atoms with Crippen molar-refractivity contribution in [1.82, 2.24) is 19.3 Å². The molecule has 4 rings (SSSR count). The highest BCUT2D eigenvalue weighted by Gasteiger charge is 2.20.